The fourth-order valence-corrected chi connectivity index (χ4v) is 21.0. The molecule has 33 heavy (non-hydrogen) atoms. The maximum absolute atomic E-state index is 10.3. The first-order chi connectivity index (χ1) is 16.2. The van der Waals surface area contributed by atoms with Crippen LogP contribution < -0.4 is 17.1 Å². The second-order valence-electron chi connectivity index (χ2n) is 7.97. The molecule has 3 heteroatoms. The third kappa shape index (κ3) is 3.43. The van der Waals surface area contributed by atoms with Crippen molar-refractivity contribution in [2.75, 3.05) is 0 Å². The monoisotopic (exact) mass is 538 g/mol. The molecule has 0 spiro atoms. The zero-order chi connectivity index (χ0) is 22.6. The Hall–Kier alpha value is -3.48. The molecule has 0 aromatic heterocycles. The van der Waals surface area contributed by atoms with Crippen LogP contribution in [0.25, 0.3) is 0 Å². The Morgan fingerprint density at radius 3 is 1.12 bits per heavy atom. The SMILES string of the molecule is Oc1cccc([O][Sb]([c]2ccccc2)([c]2ccccc2)([c]2ccccc2)[c]2ccccc2)c1. The summed E-state index contributed by atoms with van der Waals surface area (Å²) in [6.07, 6.45) is 0. The Morgan fingerprint density at radius 2 is 0.788 bits per heavy atom. The second kappa shape index (κ2) is 8.81. The van der Waals surface area contributed by atoms with Crippen LogP contribution in [0, 0.1) is 0 Å². The van der Waals surface area contributed by atoms with Crippen molar-refractivity contribution in [1.82, 2.24) is 0 Å². The number of hydrogen-bond acceptors (Lipinski definition) is 2. The molecule has 0 unspecified atom stereocenters. The molecular formula is C30H25O2Sb. The van der Waals surface area contributed by atoms with Crippen LogP contribution in [0.4, 0.5) is 0 Å². The van der Waals surface area contributed by atoms with Crippen LogP contribution in [0.3, 0.4) is 0 Å². The Morgan fingerprint density at radius 1 is 0.424 bits per heavy atom. The van der Waals surface area contributed by atoms with E-state index >= 15 is 0 Å². The maximum atomic E-state index is 10.3. The quantitative estimate of drug-likeness (QED) is 0.327. The molecule has 0 radical (unpaired) electrons. The number of rotatable bonds is 6. The molecule has 0 atom stereocenters. The second-order valence-corrected chi connectivity index (χ2v) is 20.3. The molecule has 5 aromatic carbocycles. The molecule has 2 nitrogen and oxygen atoms in total. The van der Waals surface area contributed by atoms with Gasteiger partial charge in [0, 0.05) is 0 Å². The summed E-state index contributed by atoms with van der Waals surface area (Å²) in [5.41, 5.74) is 0. The molecule has 0 saturated carbocycles. The van der Waals surface area contributed by atoms with Crippen LogP contribution in [-0.4, -0.2) is 22.9 Å². The van der Waals surface area contributed by atoms with Crippen molar-refractivity contribution >= 4 is 31.9 Å². The first kappa shape index (κ1) is 21.4. The van der Waals surface area contributed by atoms with E-state index in [2.05, 4.69) is 97.1 Å². The van der Waals surface area contributed by atoms with Gasteiger partial charge in [-0.15, -0.1) is 0 Å². The van der Waals surface area contributed by atoms with E-state index in [1.165, 1.54) is 0 Å². The molecule has 0 aliphatic heterocycles. The molecular weight excluding hydrogens is 514 g/mol. The average molecular weight is 539 g/mol. The minimum absolute atomic E-state index is 0.184. The average Bonchev–Trinajstić information content (AvgIpc) is 2.90. The zero-order valence-corrected chi connectivity index (χ0v) is 20.7. The Bertz CT molecular complexity index is 1170. The normalized spacial score (nSPS) is 12.4. The number of phenolic OH excluding ortho intramolecular Hbond substituents is 1. The van der Waals surface area contributed by atoms with Gasteiger partial charge >= 0.3 is 197 Å². The van der Waals surface area contributed by atoms with Gasteiger partial charge in [0.05, 0.1) is 0 Å². The molecule has 5 rings (SSSR count). The molecule has 0 saturated heterocycles. The summed E-state index contributed by atoms with van der Waals surface area (Å²) in [6, 6.07) is 49.5. The van der Waals surface area contributed by atoms with Crippen LogP contribution in [0.2, 0.25) is 0 Å². The van der Waals surface area contributed by atoms with Gasteiger partial charge in [-0.3, -0.25) is 0 Å². The van der Waals surface area contributed by atoms with E-state index in [0.29, 0.717) is 5.75 Å². The summed E-state index contributed by atoms with van der Waals surface area (Å²) in [5.74, 6) is 0.834. The van der Waals surface area contributed by atoms with Gasteiger partial charge in [0.25, 0.3) is 0 Å². The van der Waals surface area contributed by atoms with Crippen molar-refractivity contribution in [2.45, 2.75) is 0 Å². The van der Waals surface area contributed by atoms with Crippen LogP contribution in [-0.2, 0) is 0 Å². The van der Waals surface area contributed by atoms with Gasteiger partial charge in [0.15, 0.2) is 0 Å². The van der Waals surface area contributed by atoms with E-state index in [1.807, 2.05) is 36.4 Å². The van der Waals surface area contributed by atoms with Crippen LogP contribution in [0.15, 0.2) is 146 Å². The van der Waals surface area contributed by atoms with Crippen LogP contribution >= 0.6 is 0 Å². The third-order valence-electron chi connectivity index (χ3n) is 6.10. The molecule has 1 N–H and O–H groups in total. The summed E-state index contributed by atoms with van der Waals surface area (Å²) in [7, 11) is 0. The Kier molecular flexibility index (Phi) is 5.70. The first-order valence-corrected chi connectivity index (χ1v) is 17.1. The van der Waals surface area contributed by atoms with E-state index in [0.717, 1.165) is 14.0 Å². The minimum atomic E-state index is -4.94. The number of aromatic hydroxyl groups is 1. The van der Waals surface area contributed by atoms with E-state index in [4.69, 9.17) is 3.02 Å². The van der Waals surface area contributed by atoms with E-state index < -0.39 is 17.8 Å². The van der Waals surface area contributed by atoms with Crippen molar-refractivity contribution in [2.24, 2.45) is 0 Å². The van der Waals surface area contributed by atoms with Crippen LogP contribution in [0.1, 0.15) is 0 Å². The number of hydrogen-bond donors (Lipinski definition) is 1. The van der Waals surface area contributed by atoms with Crippen molar-refractivity contribution in [1.29, 1.82) is 0 Å². The van der Waals surface area contributed by atoms with E-state index in [9.17, 15) is 5.11 Å². The molecule has 0 heterocycles. The molecule has 0 fully saturated rings. The molecule has 5 aromatic rings. The van der Waals surface area contributed by atoms with Gasteiger partial charge in [-0.1, -0.05) is 0 Å². The summed E-state index contributed by atoms with van der Waals surface area (Å²) in [6.45, 7) is 0. The zero-order valence-electron chi connectivity index (χ0n) is 18.2. The van der Waals surface area contributed by atoms with Gasteiger partial charge in [-0.05, 0) is 0 Å². The summed E-state index contributed by atoms with van der Waals surface area (Å²) >= 11 is -4.94. The summed E-state index contributed by atoms with van der Waals surface area (Å²) in [5, 5.41) is 10.3. The van der Waals surface area contributed by atoms with Crippen molar-refractivity contribution in [3.63, 3.8) is 0 Å². The number of phenols is 1. The predicted molar refractivity (Wildman–Crippen MR) is 139 cm³/mol. The standard InChI is InChI=1S/C6H6O2.4C6H5.Sb/c7-5-2-1-3-6(8)4-5;4*1-2-4-6-5-3-1;/h1-4,7-8H;4*1-5H;/q;;;;;+1/p-1. The first-order valence-electron chi connectivity index (χ1n) is 11.0. The van der Waals surface area contributed by atoms with Crippen molar-refractivity contribution < 1.29 is 8.12 Å². The van der Waals surface area contributed by atoms with Gasteiger partial charge < -0.3 is 0 Å². The van der Waals surface area contributed by atoms with Crippen molar-refractivity contribution in [3.05, 3.63) is 146 Å². The van der Waals surface area contributed by atoms with Gasteiger partial charge in [0.2, 0.25) is 0 Å². The molecule has 0 aliphatic rings. The topological polar surface area (TPSA) is 29.5 Å². The molecule has 0 amide bonds. The fourth-order valence-electron chi connectivity index (χ4n) is 4.71. The summed E-state index contributed by atoms with van der Waals surface area (Å²) < 4.78 is 12.1. The van der Waals surface area contributed by atoms with E-state index in [-0.39, 0.29) is 5.75 Å². The van der Waals surface area contributed by atoms with Gasteiger partial charge in [-0.2, -0.15) is 0 Å². The van der Waals surface area contributed by atoms with Crippen LogP contribution in [0.5, 0.6) is 11.5 Å². The predicted octanol–water partition coefficient (Wildman–Crippen LogP) is 4.30. The Labute approximate surface area is 196 Å². The molecule has 0 bridgehead atoms. The van der Waals surface area contributed by atoms with Gasteiger partial charge in [0.1, 0.15) is 0 Å². The third-order valence-corrected chi connectivity index (χ3v) is 22.4. The fraction of sp³-hybridized carbons (Fsp3) is 0. The Balaban J connectivity index is 2.03. The molecule has 0 aliphatic carbocycles. The van der Waals surface area contributed by atoms with E-state index in [1.54, 1.807) is 12.1 Å². The summed E-state index contributed by atoms with van der Waals surface area (Å²) in [4.78, 5) is 0. The van der Waals surface area contributed by atoms with Gasteiger partial charge in [-0.25, -0.2) is 0 Å². The number of benzene rings is 5. The van der Waals surface area contributed by atoms with Crippen molar-refractivity contribution in [3.8, 4) is 11.5 Å². The molecule has 162 valence electrons.